The molecular formula is C18H26O. The first-order chi connectivity index (χ1) is 8.83. The summed E-state index contributed by atoms with van der Waals surface area (Å²) in [7, 11) is 0. The van der Waals surface area contributed by atoms with Crippen LogP contribution >= 0.6 is 0 Å². The van der Waals surface area contributed by atoms with Gasteiger partial charge < -0.3 is 0 Å². The molecule has 0 saturated heterocycles. The van der Waals surface area contributed by atoms with Gasteiger partial charge in [0.1, 0.15) is 0 Å². The Labute approximate surface area is 117 Å². The third-order valence-electron chi connectivity index (χ3n) is 3.75. The summed E-state index contributed by atoms with van der Waals surface area (Å²) >= 11 is 0. The van der Waals surface area contributed by atoms with E-state index >= 15 is 0 Å². The SMILES string of the molecule is CC(=O)C=CC=C(C)C=CC1=C(C)CCCC1(C)C. The molecule has 0 aromatic heterocycles. The maximum absolute atomic E-state index is 10.8. The fraction of sp³-hybridized carbons (Fsp3) is 0.500. The van der Waals surface area contributed by atoms with Gasteiger partial charge in [0.25, 0.3) is 0 Å². The maximum Gasteiger partial charge on any atom is 0.152 e. The summed E-state index contributed by atoms with van der Waals surface area (Å²) in [5.41, 5.74) is 4.44. The van der Waals surface area contributed by atoms with E-state index in [0.717, 1.165) is 0 Å². The minimum absolute atomic E-state index is 0.0833. The van der Waals surface area contributed by atoms with Gasteiger partial charge in [-0.15, -0.1) is 0 Å². The fourth-order valence-electron chi connectivity index (χ4n) is 2.62. The van der Waals surface area contributed by atoms with Crippen LogP contribution in [0.4, 0.5) is 0 Å². The second-order valence-electron chi connectivity index (χ2n) is 6.15. The first kappa shape index (κ1) is 15.7. The Morgan fingerprint density at radius 1 is 1.21 bits per heavy atom. The Balaban J connectivity index is 2.83. The van der Waals surface area contributed by atoms with Gasteiger partial charge in [0, 0.05) is 0 Å². The van der Waals surface area contributed by atoms with Gasteiger partial charge in [0.05, 0.1) is 0 Å². The van der Waals surface area contributed by atoms with Gasteiger partial charge in [0.2, 0.25) is 0 Å². The van der Waals surface area contributed by atoms with Crippen molar-refractivity contribution in [2.45, 2.75) is 53.9 Å². The van der Waals surface area contributed by atoms with Gasteiger partial charge in [-0.1, -0.05) is 49.3 Å². The molecule has 0 bridgehead atoms. The largest absolute Gasteiger partial charge is 0.295 e. The van der Waals surface area contributed by atoms with E-state index in [1.807, 2.05) is 12.2 Å². The van der Waals surface area contributed by atoms with Crippen molar-refractivity contribution >= 4 is 5.78 Å². The lowest BCUT2D eigenvalue weighted by Crippen LogP contribution is -2.19. The van der Waals surface area contributed by atoms with Gasteiger partial charge >= 0.3 is 0 Å². The monoisotopic (exact) mass is 258 g/mol. The van der Waals surface area contributed by atoms with Crippen LogP contribution in [0.2, 0.25) is 0 Å². The molecule has 1 rings (SSSR count). The number of carbonyl (C=O) groups is 1. The van der Waals surface area contributed by atoms with E-state index in [-0.39, 0.29) is 11.2 Å². The Bertz CT molecular complexity index is 456. The van der Waals surface area contributed by atoms with Crippen LogP contribution in [0, 0.1) is 5.41 Å². The normalized spacial score (nSPS) is 20.6. The molecular weight excluding hydrogens is 232 g/mol. The molecule has 104 valence electrons. The van der Waals surface area contributed by atoms with E-state index in [1.165, 1.54) is 36.0 Å². The van der Waals surface area contributed by atoms with Crippen LogP contribution in [0.1, 0.15) is 53.9 Å². The van der Waals surface area contributed by atoms with Crippen molar-refractivity contribution in [2.75, 3.05) is 0 Å². The molecule has 0 unspecified atom stereocenters. The molecule has 0 amide bonds. The summed E-state index contributed by atoms with van der Waals surface area (Å²) in [6.07, 6.45) is 13.6. The van der Waals surface area contributed by atoms with E-state index in [0.29, 0.717) is 0 Å². The van der Waals surface area contributed by atoms with Crippen LogP contribution in [0.25, 0.3) is 0 Å². The van der Waals surface area contributed by atoms with Crippen molar-refractivity contribution in [1.29, 1.82) is 0 Å². The summed E-state index contributed by atoms with van der Waals surface area (Å²) in [6, 6.07) is 0. The molecule has 1 heteroatoms. The van der Waals surface area contributed by atoms with Crippen molar-refractivity contribution in [3.8, 4) is 0 Å². The molecule has 1 aliphatic rings. The highest BCUT2D eigenvalue weighted by molar-refractivity contribution is 5.87. The number of allylic oxidation sites excluding steroid dienone is 8. The molecule has 0 spiro atoms. The number of hydrogen-bond acceptors (Lipinski definition) is 1. The molecule has 0 fully saturated rings. The third kappa shape index (κ3) is 5.02. The molecule has 1 aliphatic carbocycles. The second kappa shape index (κ2) is 6.70. The van der Waals surface area contributed by atoms with Crippen LogP contribution < -0.4 is 0 Å². The van der Waals surface area contributed by atoms with Gasteiger partial charge in [-0.2, -0.15) is 0 Å². The Morgan fingerprint density at radius 3 is 2.47 bits per heavy atom. The Morgan fingerprint density at radius 2 is 1.89 bits per heavy atom. The van der Waals surface area contributed by atoms with Gasteiger partial charge in [-0.3, -0.25) is 4.79 Å². The van der Waals surface area contributed by atoms with Crippen molar-refractivity contribution in [3.63, 3.8) is 0 Å². The highest BCUT2D eigenvalue weighted by Crippen LogP contribution is 2.40. The molecule has 0 aliphatic heterocycles. The van der Waals surface area contributed by atoms with Gasteiger partial charge in [-0.05, 0) is 57.1 Å². The highest BCUT2D eigenvalue weighted by Gasteiger charge is 2.26. The van der Waals surface area contributed by atoms with Crippen LogP contribution in [0.15, 0.2) is 47.1 Å². The van der Waals surface area contributed by atoms with E-state index in [2.05, 4.69) is 39.8 Å². The average Bonchev–Trinajstić information content (AvgIpc) is 2.26. The molecule has 1 nitrogen and oxygen atoms in total. The Hall–Kier alpha value is -1.37. The van der Waals surface area contributed by atoms with Gasteiger partial charge in [0.15, 0.2) is 5.78 Å². The van der Waals surface area contributed by atoms with Crippen LogP contribution in [0.5, 0.6) is 0 Å². The first-order valence-electron chi connectivity index (χ1n) is 7.07. The smallest absolute Gasteiger partial charge is 0.152 e. The minimum atomic E-state index is 0.0833. The quantitative estimate of drug-likeness (QED) is 0.503. The first-order valence-corrected chi connectivity index (χ1v) is 7.07. The summed E-state index contributed by atoms with van der Waals surface area (Å²) in [6.45, 7) is 10.5. The average molecular weight is 258 g/mol. The topological polar surface area (TPSA) is 17.1 Å². The lowest BCUT2D eigenvalue weighted by atomic mass is 9.72. The zero-order valence-corrected chi connectivity index (χ0v) is 12.9. The van der Waals surface area contributed by atoms with Crippen molar-refractivity contribution in [1.82, 2.24) is 0 Å². The van der Waals surface area contributed by atoms with Crippen molar-refractivity contribution in [3.05, 3.63) is 47.1 Å². The predicted molar refractivity (Wildman–Crippen MR) is 83.1 cm³/mol. The van der Waals surface area contributed by atoms with Crippen molar-refractivity contribution < 1.29 is 4.79 Å². The molecule has 0 radical (unpaired) electrons. The molecule has 0 aromatic rings. The number of carbonyl (C=O) groups excluding carboxylic acids is 1. The second-order valence-corrected chi connectivity index (χ2v) is 6.15. The Kier molecular flexibility index (Phi) is 5.53. The molecule has 0 N–H and O–H groups in total. The van der Waals surface area contributed by atoms with Crippen LogP contribution in [-0.4, -0.2) is 5.78 Å². The highest BCUT2D eigenvalue weighted by atomic mass is 16.1. The molecule has 19 heavy (non-hydrogen) atoms. The number of ketones is 1. The van der Waals surface area contributed by atoms with E-state index in [9.17, 15) is 4.79 Å². The zero-order chi connectivity index (χ0) is 14.5. The maximum atomic E-state index is 10.8. The standard InChI is InChI=1S/C18H26O/c1-14(8-6-10-16(3)19)11-12-17-15(2)9-7-13-18(17,4)5/h6,8,10-12H,7,9,13H2,1-5H3. The minimum Gasteiger partial charge on any atom is -0.295 e. The van der Waals surface area contributed by atoms with E-state index in [4.69, 9.17) is 0 Å². The van der Waals surface area contributed by atoms with Crippen molar-refractivity contribution in [2.24, 2.45) is 5.41 Å². The summed E-state index contributed by atoms with van der Waals surface area (Å²) in [5, 5.41) is 0. The van der Waals surface area contributed by atoms with E-state index in [1.54, 1.807) is 13.0 Å². The number of rotatable bonds is 4. The lowest BCUT2D eigenvalue weighted by molar-refractivity contribution is -0.112. The summed E-state index contributed by atoms with van der Waals surface area (Å²) in [5.74, 6) is 0.0833. The third-order valence-corrected chi connectivity index (χ3v) is 3.75. The van der Waals surface area contributed by atoms with Gasteiger partial charge in [-0.25, -0.2) is 0 Å². The molecule has 0 atom stereocenters. The zero-order valence-electron chi connectivity index (χ0n) is 12.9. The lowest BCUT2D eigenvalue weighted by Gasteiger charge is -2.32. The molecule has 0 heterocycles. The van der Waals surface area contributed by atoms with E-state index < -0.39 is 0 Å². The molecule has 0 aromatic carbocycles. The predicted octanol–water partition coefficient (Wildman–Crippen LogP) is 5.16. The summed E-state index contributed by atoms with van der Waals surface area (Å²) in [4.78, 5) is 10.8. The van der Waals surface area contributed by atoms with Crippen LogP contribution in [-0.2, 0) is 4.79 Å². The van der Waals surface area contributed by atoms with Crippen LogP contribution in [0.3, 0.4) is 0 Å². The number of hydrogen-bond donors (Lipinski definition) is 0. The fourth-order valence-corrected chi connectivity index (χ4v) is 2.62. The molecule has 0 saturated carbocycles. The summed E-state index contributed by atoms with van der Waals surface area (Å²) < 4.78 is 0.